The van der Waals surface area contributed by atoms with E-state index in [0.29, 0.717) is 0 Å². The predicted octanol–water partition coefficient (Wildman–Crippen LogP) is 4.39. The summed E-state index contributed by atoms with van der Waals surface area (Å²) >= 11 is 0. The SMILES string of the molecule is CC(C)(C)[Si](C)(C)OCCc1ccc(F)cc1. The third-order valence-electron chi connectivity index (χ3n) is 3.57. The summed E-state index contributed by atoms with van der Waals surface area (Å²) in [6.07, 6.45) is 0.854. The molecule has 0 saturated heterocycles. The molecule has 0 spiro atoms. The van der Waals surface area contributed by atoms with E-state index in [9.17, 15) is 4.39 Å². The van der Waals surface area contributed by atoms with Crippen LogP contribution >= 0.6 is 0 Å². The van der Waals surface area contributed by atoms with Gasteiger partial charge in [0.05, 0.1) is 0 Å². The molecule has 3 heteroatoms. The first-order valence-electron chi connectivity index (χ1n) is 6.11. The Morgan fingerprint density at radius 3 is 2.12 bits per heavy atom. The smallest absolute Gasteiger partial charge is 0.191 e. The summed E-state index contributed by atoms with van der Waals surface area (Å²) in [7, 11) is -1.64. The summed E-state index contributed by atoms with van der Waals surface area (Å²) in [5.41, 5.74) is 1.13. The van der Waals surface area contributed by atoms with Gasteiger partial charge in [-0.25, -0.2) is 4.39 Å². The molecule has 0 saturated carbocycles. The van der Waals surface area contributed by atoms with E-state index in [1.807, 2.05) is 12.1 Å². The summed E-state index contributed by atoms with van der Waals surface area (Å²) in [4.78, 5) is 0. The Morgan fingerprint density at radius 1 is 1.12 bits per heavy atom. The van der Waals surface area contributed by atoms with Crippen molar-refractivity contribution in [1.29, 1.82) is 0 Å². The maximum atomic E-state index is 12.7. The first kappa shape index (κ1) is 14.4. The maximum absolute atomic E-state index is 12.7. The molecule has 1 aromatic rings. The number of rotatable bonds is 4. The van der Waals surface area contributed by atoms with Crippen molar-refractivity contribution in [3.8, 4) is 0 Å². The van der Waals surface area contributed by atoms with E-state index in [2.05, 4.69) is 33.9 Å². The molecule has 0 unspecified atom stereocenters. The minimum absolute atomic E-state index is 0.181. The summed E-state index contributed by atoms with van der Waals surface area (Å²) in [5, 5.41) is 0.246. The van der Waals surface area contributed by atoms with E-state index in [4.69, 9.17) is 4.43 Å². The Balaban J connectivity index is 2.45. The zero-order valence-electron chi connectivity index (χ0n) is 11.5. The minimum Gasteiger partial charge on any atom is -0.416 e. The lowest BCUT2D eigenvalue weighted by Gasteiger charge is -2.36. The summed E-state index contributed by atoms with van der Waals surface area (Å²) < 4.78 is 18.8. The second-order valence-electron chi connectivity index (χ2n) is 5.99. The van der Waals surface area contributed by atoms with Gasteiger partial charge in [0.15, 0.2) is 8.32 Å². The second kappa shape index (κ2) is 5.32. The third kappa shape index (κ3) is 4.24. The Kier molecular flexibility index (Phi) is 4.50. The van der Waals surface area contributed by atoms with Gasteiger partial charge in [0.1, 0.15) is 5.82 Å². The molecular formula is C14H23FOSi. The first-order valence-corrected chi connectivity index (χ1v) is 9.01. The van der Waals surface area contributed by atoms with Crippen LogP contribution in [0.1, 0.15) is 26.3 Å². The second-order valence-corrected chi connectivity index (χ2v) is 10.8. The van der Waals surface area contributed by atoms with E-state index < -0.39 is 8.32 Å². The highest BCUT2D eigenvalue weighted by atomic mass is 28.4. The fraction of sp³-hybridized carbons (Fsp3) is 0.571. The largest absolute Gasteiger partial charge is 0.416 e. The number of halogens is 1. The van der Waals surface area contributed by atoms with Gasteiger partial charge in [0, 0.05) is 6.61 Å². The molecule has 1 aromatic carbocycles. The molecule has 0 aliphatic heterocycles. The molecular weight excluding hydrogens is 231 g/mol. The average Bonchev–Trinajstić information content (AvgIpc) is 2.19. The molecule has 1 nitrogen and oxygen atoms in total. The normalized spacial score (nSPS) is 12.8. The zero-order valence-corrected chi connectivity index (χ0v) is 12.5. The summed E-state index contributed by atoms with van der Waals surface area (Å²) in [6, 6.07) is 6.65. The van der Waals surface area contributed by atoms with Crippen molar-refractivity contribution in [2.45, 2.75) is 45.3 Å². The van der Waals surface area contributed by atoms with Crippen molar-refractivity contribution in [3.63, 3.8) is 0 Å². The van der Waals surface area contributed by atoms with Crippen LogP contribution in [0.2, 0.25) is 18.1 Å². The lowest BCUT2D eigenvalue weighted by atomic mass is 10.2. The number of benzene rings is 1. The highest BCUT2D eigenvalue weighted by molar-refractivity contribution is 6.74. The van der Waals surface area contributed by atoms with Gasteiger partial charge >= 0.3 is 0 Å². The molecule has 0 bridgehead atoms. The van der Waals surface area contributed by atoms with E-state index in [-0.39, 0.29) is 10.9 Å². The predicted molar refractivity (Wildman–Crippen MR) is 73.3 cm³/mol. The van der Waals surface area contributed by atoms with Gasteiger partial charge in [-0.05, 0) is 42.2 Å². The van der Waals surface area contributed by atoms with Crippen LogP contribution in [0, 0.1) is 5.82 Å². The molecule has 0 aliphatic rings. The van der Waals surface area contributed by atoms with Crippen LogP contribution in [-0.4, -0.2) is 14.9 Å². The zero-order chi connectivity index (χ0) is 13.1. The van der Waals surface area contributed by atoms with Crippen LogP contribution in [0.25, 0.3) is 0 Å². The van der Waals surface area contributed by atoms with Crippen molar-refractivity contribution < 1.29 is 8.82 Å². The Hall–Kier alpha value is -0.673. The van der Waals surface area contributed by atoms with Gasteiger partial charge in [0.25, 0.3) is 0 Å². The molecule has 0 heterocycles. The van der Waals surface area contributed by atoms with Gasteiger partial charge in [-0.2, -0.15) is 0 Å². The highest BCUT2D eigenvalue weighted by Crippen LogP contribution is 2.36. The first-order chi connectivity index (χ1) is 7.72. The van der Waals surface area contributed by atoms with Gasteiger partial charge in [-0.15, -0.1) is 0 Å². The van der Waals surface area contributed by atoms with E-state index in [1.54, 1.807) is 0 Å². The summed E-state index contributed by atoms with van der Waals surface area (Å²) in [5.74, 6) is -0.181. The van der Waals surface area contributed by atoms with Gasteiger partial charge in [-0.3, -0.25) is 0 Å². The van der Waals surface area contributed by atoms with E-state index in [1.165, 1.54) is 12.1 Å². The Morgan fingerprint density at radius 2 is 1.65 bits per heavy atom. The van der Waals surface area contributed by atoms with Crippen LogP contribution in [0.15, 0.2) is 24.3 Å². The van der Waals surface area contributed by atoms with E-state index in [0.717, 1.165) is 18.6 Å². The number of hydrogen-bond acceptors (Lipinski definition) is 1. The molecule has 0 N–H and O–H groups in total. The highest BCUT2D eigenvalue weighted by Gasteiger charge is 2.36. The molecule has 0 fully saturated rings. The van der Waals surface area contributed by atoms with Gasteiger partial charge in [-0.1, -0.05) is 32.9 Å². The van der Waals surface area contributed by atoms with Crippen molar-refractivity contribution in [2.24, 2.45) is 0 Å². The molecule has 0 aromatic heterocycles. The third-order valence-corrected chi connectivity index (χ3v) is 8.11. The van der Waals surface area contributed by atoms with Gasteiger partial charge in [0.2, 0.25) is 0 Å². The molecule has 0 atom stereocenters. The molecule has 0 amide bonds. The molecule has 0 aliphatic carbocycles. The summed E-state index contributed by atoms with van der Waals surface area (Å²) in [6.45, 7) is 11.9. The van der Waals surface area contributed by atoms with Crippen LogP contribution < -0.4 is 0 Å². The van der Waals surface area contributed by atoms with Crippen LogP contribution in [0.5, 0.6) is 0 Å². The maximum Gasteiger partial charge on any atom is 0.191 e. The van der Waals surface area contributed by atoms with Crippen molar-refractivity contribution in [2.75, 3.05) is 6.61 Å². The average molecular weight is 254 g/mol. The molecule has 96 valence electrons. The Bertz CT molecular complexity index is 351. The van der Waals surface area contributed by atoms with Crippen molar-refractivity contribution in [3.05, 3.63) is 35.6 Å². The number of hydrogen-bond donors (Lipinski definition) is 0. The standard InChI is InChI=1S/C14H23FOSi/c1-14(2,3)17(4,5)16-11-10-12-6-8-13(15)9-7-12/h6-9H,10-11H2,1-5H3. The van der Waals surface area contributed by atoms with Crippen molar-refractivity contribution in [1.82, 2.24) is 0 Å². The monoisotopic (exact) mass is 254 g/mol. The van der Waals surface area contributed by atoms with Crippen LogP contribution in [0.4, 0.5) is 4.39 Å². The molecule has 1 rings (SSSR count). The molecule has 17 heavy (non-hydrogen) atoms. The van der Waals surface area contributed by atoms with Crippen LogP contribution in [-0.2, 0) is 10.8 Å². The lowest BCUT2D eigenvalue weighted by Crippen LogP contribution is -2.41. The Labute approximate surface area is 105 Å². The molecule has 0 radical (unpaired) electrons. The fourth-order valence-electron chi connectivity index (χ4n) is 1.29. The topological polar surface area (TPSA) is 9.23 Å². The minimum atomic E-state index is -1.64. The van der Waals surface area contributed by atoms with E-state index >= 15 is 0 Å². The van der Waals surface area contributed by atoms with Crippen LogP contribution in [0.3, 0.4) is 0 Å². The van der Waals surface area contributed by atoms with Gasteiger partial charge < -0.3 is 4.43 Å². The fourth-order valence-corrected chi connectivity index (χ4v) is 2.34. The lowest BCUT2D eigenvalue weighted by molar-refractivity contribution is 0.292. The quantitative estimate of drug-likeness (QED) is 0.724. The van der Waals surface area contributed by atoms with Crippen molar-refractivity contribution >= 4 is 8.32 Å².